The molecule has 0 saturated heterocycles. The van der Waals surface area contributed by atoms with Gasteiger partial charge in [-0.05, 0) is 45.2 Å². The van der Waals surface area contributed by atoms with Crippen molar-refractivity contribution in [1.82, 2.24) is 4.90 Å². The van der Waals surface area contributed by atoms with Gasteiger partial charge in [-0.2, -0.15) is 0 Å². The van der Waals surface area contributed by atoms with Gasteiger partial charge in [-0.15, -0.1) is 0 Å². The fraction of sp³-hybridized carbons (Fsp3) is 0.917. The predicted molar refractivity (Wildman–Crippen MR) is 60.9 cm³/mol. The Hall–Kier alpha value is -0.570. The molecular formula is C12H23NO2. The minimum absolute atomic E-state index is 0.317. The zero-order valence-electron chi connectivity index (χ0n) is 9.74. The smallest absolute Gasteiger partial charge is 0.303 e. The highest BCUT2D eigenvalue weighted by molar-refractivity contribution is 5.66. The number of carboxylic acids is 1. The number of hydrogen-bond donors (Lipinski definition) is 1. The van der Waals surface area contributed by atoms with Crippen molar-refractivity contribution in [2.45, 2.75) is 44.9 Å². The highest BCUT2D eigenvalue weighted by atomic mass is 16.4. The van der Waals surface area contributed by atoms with Crippen molar-refractivity contribution in [2.24, 2.45) is 5.92 Å². The first-order valence-corrected chi connectivity index (χ1v) is 6.09. The summed E-state index contributed by atoms with van der Waals surface area (Å²) in [6.45, 7) is 2.25. The van der Waals surface area contributed by atoms with Crippen LogP contribution >= 0.6 is 0 Å². The van der Waals surface area contributed by atoms with Crippen LogP contribution in [0.25, 0.3) is 0 Å². The molecular weight excluding hydrogens is 190 g/mol. The van der Waals surface area contributed by atoms with Gasteiger partial charge in [0.2, 0.25) is 0 Å². The zero-order chi connectivity index (χ0) is 11.1. The average molecular weight is 213 g/mol. The lowest BCUT2D eigenvalue weighted by Gasteiger charge is -2.20. The Morgan fingerprint density at radius 1 is 1.33 bits per heavy atom. The van der Waals surface area contributed by atoms with Gasteiger partial charge in [-0.1, -0.05) is 12.8 Å². The third-order valence-corrected chi connectivity index (χ3v) is 3.23. The Bertz CT molecular complexity index is 188. The summed E-state index contributed by atoms with van der Waals surface area (Å²) in [4.78, 5) is 12.7. The van der Waals surface area contributed by atoms with E-state index in [9.17, 15) is 4.79 Å². The fourth-order valence-electron chi connectivity index (χ4n) is 2.38. The molecule has 0 amide bonds. The third-order valence-electron chi connectivity index (χ3n) is 3.23. The van der Waals surface area contributed by atoms with E-state index in [1.54, 1.807) is 0 Å². The third kappa shape index (κ3) is 5.78. The second-order valence-corrected chi connectivity index (χ2v) is 4.76. The van der Waals surface area contributed by atoms with E-state index in [4.69, 9.17) is 5.11 Å². The number of carboxylic acid groups (broad SMARTS) is 1. The lowest BCUT2D eigenvalue weighted by atomic mass is 10.1. The van der Waals surface area contributed by atoms with Crippen molar-refractivity contribution in [1.29, 1.82) is 0 Å². The van der Waals surface area contributed by atoms with Crippen LogP contribution in [0.5, 0.6) is 0 Å². The summed E-state index contributed by atoms with van der Waals surface area (Å²) in [6, 6.07) is 0. The van der Waals surface area contributed by atoms with E-state index in [-0.39, 0.29) is 0 Å². The Morgan fingerprint density at radius 2 is 2.00 bits per heavy atom. The maximum atomic E-state index is 10.3. The number of carbonyl (C=O) groups is 1. The molecule has 88 valence electrons. The van der Waals surface area contributed by atoms with Crippen LogP contribution in [-0.4, -0.2) is 36.1 Å². The van der Waals surface area contributed by atoms with E-state index in [1.165, 1.54) is 32.2 Å². The molecule has 1 saturated carbocycles. The zero-order valence-corrected chi connectivity index (χ0v) is 9.74. The molecule has 1 fully saturated rings. The quantitative estimate of drug-likeness (QED) is 0.660. The normalized spacial score (nSPS) is 17.5. The minimum atomic E-state index is -0.673. The largest absolute Gasteiger partial charge is 0.481 e. The molecule has 0 aliphatic heterocycles. The fourth-order valence-corrected chi connectivity index (χ4v) is 2.38. The number of aliphatic carboxylic acids is 1. The van der Waals surface area contributed by atoms with Gasteiger partial charge in [0.1, 0.15) is 0 Å². The van der Waals surface area contributed by atoms with Crippen LogP contribution in [0.4, 0.5) is 0 Å². The van der Waals surface area contributed by atoms with Gasteiger partial charge in [0.25, 0.3) is 0 Å². The van der Waals surface area contributed by atoms with Gasteiger partial charge in [-0.3, -0.25) is 4.79 Å². The second-order valence-electron chi connectivity index (χ2n) is 4.76. The van der Waals surface area contributed by atoms with E-state index in [2.05, 4.69) is 11.9 Å². The molecule has 3 heteroatoms. The molecule has 0 unspecified atom stereocenters. The van der Waals surface area contributed by atoms with Gasteiger partial charge in [0, 0.05) is 13.0 Å². The molecule has 1 aliphatic carbocycles. The van der Waals surface area contributed by atoms with Crippen molar-refractivity contribution in [3.8, 4) is 0 Å². The van der Waals surface area contributed by atoms with Gasteiger partial charge < -0.3 is 10.0 Å². The maximum Gasteiger partial charge on any atom is 0.303 e. The molecule has 0 radical (unpaired) electrons. The molecule has 15 heavy (non-hydrogen) atoms. The van der Waals surface area contributed by atoms with Crippen molar-refractivity contribution in [3.63, 3.8) is 0 Å². The Balaban J connectivity index is 1.97. The van der Waals surface area contributed by atoms with Crippen molar-refractivity contribution in [2.75, 3.05) is 20.1 Å². The monoisotopic (exact) mass is 213 g/mol. The van der Waals surface area contributed by atoms with Gasteiger partial charge in [-0.25, -0.2) is 0 Å². The molecule has 0 aromatic carbocycles. The van der Waals surface area contributed by atoms with Gasteiger partial charge in [0.05, 0.1) is 0 Å². The molecule has 0 atom stereocenters. The predicted octanol–water partition coefficient (Wildman–Crippen LogP) is 2.36. The van der Waals surface area contributed by atoms with Crippen molar-refractivity contribution in [3.05, 3.63) is 0 Å². The van der Waals surface area contributed by atoms with Crippen molar-refractivity contribution < 1.29 is 9.90 Å². The summed E-state index contributed by atoms with van der Waals surface area (Å²) >= 11 is 0. The molecule has 0 bridgehead atoms. The summed E-state index contributed by atoms with van der Waals surface area (Å²) in [7, 11) is 2.15. The first kappa shape index (κ1) is 12.5. The van der Waals surface area contributed by atoms with Gasteiger partial charge >= 0.3 is 5.97 Å². The minimum Gasteiger partial charge on any atom is -0.481 e. The van der Waals surface area contributed by atoms with E-state index in [0.717, 1.165) is 25.3 Å². The first-order valence-electron chi connectivity index (χ1n) is 6.09. The first-order chi connectivity index (χ1) is 7.18. The maximum absolute atomic E-state index is 10.3. The SMILES string of the molecule is CN(CCCCC(=O)O)CC1CCCC1. The van der Waals surface area contributed by atoms with Crippen LogP contribution in [0.1, 0.15) is 44.9 Å². The summed E-state index contributed by atoms with van der Waals surface area (Å²) in [5.41, 5.74) is 0. The molecule has 0 spiro atoms. The molecule has 0 heterocycles. The van der Waals surface area contributed by atoms with Crippen LogP contribution in [0.2, 0.25) is 0 Å². The Morgan fingerprint density at radius 3 is 2.60 bits per heavy atom. The van der Waals surface area contributed by atoms with Crippen LogP contribution in [0.15, 0.2) is 0 Å². The number of nitrogens with zero attached hydrogens (tertiary/aromatic N) is 1. The van der Waals surface area contributed by atoms with Crippen molar-refractivity contribution >= 4 is 5.97 Å². The molecule has 0 aromatic rings. The van der Waals surface area contributed by atoms with E-state index in [0.29, 0.717) is 6.42 Å². The lowest BCUT2D eigenvalue weighted by Crippen LogP contribution is -2.25. The summed E-state index contributed by atoms with van der Waals surface area (Å²) in [6.07, 6.45) is 7.71. The second kappa shape index (κ2) is 6.83. The highest BCUT2D eigenvalue weighted by Gasteiger charge is 2.16. The summed E-state index contributed by atoms with van der Waals surface area (Å²) < 4.78 is 0. The highest BCUT2D eigenvalue weighted by Crippen LogP contribution is 2.25. The van der Waals surface area contributed by atoms with E-state index in [1.807, 2.05) is 0 Å². The van der Waals surface area contributed by atoms with Crippen LogP contribution in [-0.2, 0) is 4.79 Å². The van der Waals surface area contributed by atoms with E-state index >= 15 is 0 Å². The lowest BCUT2D eigenvalue weighted by molar-refractivity contribution is -0.137. The standard InChI is InChI=1S/C12H23NO2/c1-13(9-5-4-8-12(14)15)10-11-6-2-3-7-11/h11H,2-10H2,1H3,(H,14,15). The van der Waals surface area contributed by atoms with Crippen LogP contribution in [0, 0.1) is 5.92 Å². The van der Waals surface area contributed by atoms with Gasteiger partial charge in [0.15, 0.2) is 0 Å². The number of unbranched alkanes of at least 4 members (excludes halogenated alkanes) is 1. The number of hydrogen-bond acceptors (Lipinski definition) is 2. The molecule has 0 aromatic heterocycles. The number of rotatable bonds is 7. The summed E-state index contributed by atoms with van der Waals surface area (Å²) in [5, 5.41) is 8.49. The average Bonchev–Trinajstić information content (AvgIpc) is 2.64. The molecule has 3 nitrogen and oxygen atoms in total. The van der Waals surface area contributed by atoms with Crippen LogP contribution in [0.3, 0.4) is 0 Å². The van der Waals surface area contributed by atoms with Crippen LogP contribution < -0.4 is 0 Å². The molecule has 1 rings (SSSR count). The van der Waals surface area contributed by atoms with E-state index < -0.39 is 5.97 Å². The molecule has 1 N–H and O–H groups in total. The summed E-state index contributed by atoms with van der Waals surface area (Å²) in [5.74, 6) is 0.225. The topological polar surface area (TPSA) is 40.5 Å². The Kier molecular flexibility index (Phi) is 5.69. The Labute approximate surface area is 92.5 Å². The molecule has 1 aliphatic rings.